The van der Waals surface area contributed by atoms with Crippen molar-refractivity contribution in [3.8, 4) is 0 Å². The number of hydrogen-bond donors (Lipinski definition) is 0. The number of halogens is 3. The van der Waals surface area contributed by atoms with E-state index in [0.29, 0.717) is 11.6 Å². The van der Waals surface area contributed by atoms with Crippen molar-refractivity contribution < 1.29 is 13.2 Å². The molecule has 3 unspecified atom stereocenters. The molecule has 31 heavy (non-hydrogen) atoms. The van der Waals surface area contributed by atoms with Crippen LogP contribution in [0.3, 0.4) is 0 Å². The van der Waals surface area contributed by atoms with Gasteiger partial charge in [0.25, 0.3) is 0 Å². The highest BCUT2D eigenvalue weighted by atomic mass is 19.4. The summed E-state index contributed by atoms with van der Waals surface area (Å²) in [5, 5.41) is 0. The first-order chi connectivity index (χ1) is 14.8. The summed E-state index contributed by atoms with van der Waals surface area (Å²) in [5.41, 5.74) is 2.27. The van der Waals surface area contributed by atoms with E-state index in [-0.39, 0.29) is 11.8 Å². The lowest BCUT2D eigenvalue weighted by molar-refractivity contribution is -0.137. The van der Waals surface area contributed by atoms with Gasteiger partial charge in [0.05, 0.1) is 5.56 Å². The van der Waals surface area contributed by atoms with Crippen LogP contribution in [0.5, 0.6) is 0 Å². The van der Waals surface area contributed by atoms with Crippen LogP contribution in [0.2, 0.25) is 0 Å². The second-order valence-corrected chi connectivity index (χ2v) is 8.16. The van der Waals surface area contributed by atoms with Crippen LogP contribution in [-0.4, -0.2) is 15.0 Å². The van der Waals surface area contributed by atoms with Gasteiger partial charge >= 0.3 is 6.18 Å². The van der Waals surface area contributed by atoms with Gasteiger partial charge in [0.15, 0.2) is 0 Å². The van der Waals surface area contributed by atoms with Crippen LogP contribution in [0.25, 0.3) is 0 Å². The number of pyridine rings is 3. The first-order valence-electron chi connectivity index (χ1n) is 10.7. The molecule has 3 aromatic heterocycles. The normalized spacial score (nSPS) is 14.7. The zero-order chi connectivity index (χ0) is 22.3. The van der Waals surface area contributed by atoms with Crippen molar-refractivity contribution in [3.63, 3.8) is 0 Å². The molecule has 0 spiro atoms. The lowest BCUT2D eigenvalue weighted by Gasteiger charge is -2.21. The van der Waals surface area contributed by atoms with Gasteiger partial charge in [0.2, 0.25) is 0 Å². The van der Waals surface area contributed by atoms with Gasteiger partial charge in [-0.25, -0.2) is 0 Å². The minimum Gasteiger partial charge on any atom is -0.264 e. The number of hydrogen-bond acceptors (Lipinski definition) is 3. The van der Waals surface area contributed by atoms with Crippen molar-refractivity contribution >= 4 is 0 Å². The summed E-state index contributed by atoms with van der Waals surface area (Å²) < 4.78 is 38.4. The van der Waals surface area contributed by atoms with Gasteiger partial charge in [-0.05, 0) is 73.4 Å². The maximum Gasteiger partial charge on any atom is 0.417 e. The fourth-order valence-electron chi connectivity index (χ4n) is 3.81. The summed E-state index contributed by atoms with van der Waals surface area (Å²) in [6.45, 7) is 4.23. The Kier molecular flexibility index (Phi) is 7.77. The molecule has 6 heteroatoms. The van der Waals surface area contributed by atoms with Gasteiger partial charge in [0.1, 0.15) is 0 Å². The molecule has 0 saturated heterocycles. The van der Waals surface area contributed by atoms with Crippen molar-refractivity contribution in [3.05, 3.63) is 89.8 Å². The summed E-state index contributed by atoms with van der Waals surface area (Å²) in [7, 11) is 0. The van der Waals surface area contributed by atoms with E-state index in [0.717, 1.165) is 43.6 Å². The van der Waals surface area contributed by atoms with Crippen LogP contribution in [0.4, 0.5) is 13.2 Å². The molecule has 0 aromatic carbocycles. The van der Waals surface area contributed by atoms with Crippen LogP contribution >= 0.6 is 0 Å². The number of aromatic nitrogens is 3. The van der Waals surface area contributed by atoms with Gasteiger partial charge in [-0.1, -0.05) is 26.0 Å². The third-order valence-corrected chi connectivity index (χ3v) is 5.87. The fourth-order valence-corrected chi connectivity index (χ4v) is 3.81. The largest absolute Gasteiger partial charge is 0.417 e. The molecular formula is C25H28F3N3. The molecule has 164 valence electrons. The third-order valence-electron chi connectivity index (χ3n) is 5.87. The molecule has 3 heterocycles. The number of rotatable bonds is 9. The van der Waals surface area contributed by atoms with Crippen molar-refractivity contribution in [1.82, 2.24) is 15.0 Å². The van der Waals surface area contributed by atoms with Crippen molar-refractivity contribution in [1.29, 1.82) is 0 Å². The fraction of sp³-hybridized carbons (Fsp3) is 0.400. The maximum atomic E-state index is 12.8. The minimum absolute atomic E-state index is 0.0734. The average Bonchev–Trinajstić information content (AvgIpc) is 2.79. The van der Waals surface area contributed by atoms with Gasteiger partial charge in [-0.2, -0.15) is 13.2 Å². The Labute approximate surface area is 181 Å². The van der Waals surface area contributed by atoms with Crippen molar-refractivity contribution in [2.24, 2.45) is 0 Å². The molecule has 0 bridgehead atoms. The quantitative estimate of drug-likeness (QED) is 0.364. The van der Waals surface area contributed by atoms with E-state index in [2.05, 4.69) is 34.0 Å². The standard InChI is InChI=1S/C25H28F3N3/c1-18(21-6-5-14-29-16-21)8-10-20(24-7-3-4-15-30-24)11-9-19(2)23-13-12-22(17-31-23)25(26,27)28/h3-7,12-20H,8-11H2,1-2H3. The van der Waals surface area contributed by atoms with Crippen molar-refractivity contribution in [2.45, 2.75) is 63.5 Å². The van der Waals surface area contributed by atoms with Gasteiger partial charge in [-0.15, -0.1) is 0 Å². The Bertz CT molecular complexity index is 912. The van der Waals surface area contributed by atoms with Gasteiger partial charge in [0, 0.05) is 42.1 Å². The molecule has 3 atom stereocenters. The molecule has 3 aromatic rings. The molecule has 0 aliphatic heterocycles. The van der Waals surface area contributed by atoms with Crippen LogP contribution in [0, 0.1) is 0 Å². The van der Waals surface area contributed by atoms with E-state index in [9.17, 15) is 13.2 Å². The summed E-state index contributed by atoms with van der Waals surface area (Å²) in [6, 6.07) is 12.6. The van der Waals surface area contributed by atoms with Gasteiger partial charge < -0.3 is 0 Å². The van der Waals surface area contributed by atoms with E-state index in [1.165, 1.54) is 11.6 Å². The molecule has 0 saturated carbocycles. The van der Waals surface area contributed by atoms with E-state index in [1.54, 1.807) is 6.20 Å². The highest BCUT2D eigenvalue weighted by molar-refractivity contribution is 5.19. The second-order valence-electron chi connectivity index (χ2n) is 8.16. The third kappa shape index (κ3) is 6.61. The monoisotopic (exact) mass is 427 g/mol. The molecule has 0 amide bonds. The van der Waals surface area contributed by atoms with Crippen molar-refractivity contribution in [2.75, 3.05) is 0 Å². The highest BCUT2D eigenvalue weighted by Gasteiger charge is 2.30. The van der Waals surface area contributed by atoms with E-state index >= 15 is 0 Å². The molecule has 0 aliphatic carbocycles. The summed E-state index contributed by atoms with van der Waals surface area (Å²) in [5.74, 6) is 0.760. The second kappa shape index (κ2) is 10.5. The van der Waals surface area contributed by atoms with Crippen LogP contribution in [0.1, 0.15) is 79.8 Å². The van der Waals surface area contributed by atoms with E-state index in [1.807, 2.05) is 37.5 Å². The Morgan fingerprint density at radius 2 is 1.52 bits per heavy atom. The minimum atomic E-state index is -4.36. The SMILES string of the molecule is CC(CCC(CCC(C)c1ccc(C(F)(F)F)cn1)c1ccccn1)c1cccnc1. The molecular weight excluding hydrogens is 399 g/mol. The van der Waals surface area contributed by atoms with Crippen LogP contribution in [-0.2, 0) is 6.18 Å². The van der Waals surface area contributed by atoms with E-state index < -0.39 is 11.7 Å². The summed E-state index contributed by atoms with van der Waals surface area (Å²) in [6.07, 6.45) is 5.82. The highest BCUT2D eigenvalue weighted by Crippen LogP contribution is 2.33. The number of alkyl halides is 3. The zero-order valence-corrected chi connectivity index (χ0v) is 17.9. The Morgan fingerprint density at radius 1 is 0.742 bits per heavy atom. The predicted molar refractivity (Wildman–Crippen MR) is 116 cm³/mol. The van der Waals surface area contributed by atoms with Gasteiger partial charge in [-0.3, -0.25) is 15.0 Å². The van der Waals surface area contributed by atoms with Crippen LogP contribution < -0.4 is 0 Å². The van der Waals surface area contributed by atoms with E-state index in [4.69, 9.17) is 0 Å². The predicted octanol–water partition coefficient (Wildman–Crippen LogP) is 7.14. The first kappa shape index (κ1) is 22.9. The zero-order valence-electron chi connectivity index (χ0n) is 17.9. The smallest absolute Gasteiger partial charge is 0.264 e. The molecule has 0 N–H and O–H groups in total. The van der Waals surface area contributed by atoms with Crippen LogP contribution in [0.15, 0.2) is 67.3 Å². The molecule has 0 radical (unpaired) electrons. The Hall–Kier alpha value is -2.76. The molecule has 0 aliphatic rings. The number of nitrogens with zero attached hydrogens (tertiary/aromatic N) is 3. The maximum absolute atomic E-state index is 12.8. The molecule has 3 rings (SSSR count). The first-order valence-corrected chi connectivity index (χ1v) is 10.7. The molecule has 3 nitrogen and oxygen atoms in total. The summed E-state index contributed by atoms with van der Waals surface area (Å²) in [4.78, 5) is 12.8. The Balaban J connectivity index is 1.63. The molecule has 0 fully saturated rings. The summed E-state index contributed by atoms with van der Waals surface area (Å²) >= 11 is 0. The Morgan fingerprint density at radius 3 is 2.10 bits per heavy atom. The lowest BCUT2D eigenvalue weighted by Crippen LogP contribution is -2.08. The average molecular weight is 428 g/mol. The lowest BCUT2D eigenvalue weighted by atomic mass is 9.86. The topological polar surface area (TPSA) is 38.7 Å².